The maximum atomic E-state index is 5.30. The van der Waals surface area contributed by atoms with E-state index in [9.17, 15) is 0 Å². The second-order valence-electron chi connectivity index (χ2n) is 8.23. The molecule has 1 aromatic carbocycles. The predicted molar refractivity (Wildman–Crippen MR) is 134 cm³/mol. The van der Waals surface area contributed by atoms with Crippen LogP contribution in [-0.4, -0.2) is 27.0 Å². The number of benzene rings is 1. The molecule has 0 saturated carbocycles. The van der Waals surface area contributed by atoms with Gasteiger partial charge in [0.1, 0.15) is 5.75 Å². The zero-order chi connectivity index (χ0) is 22.2. The monoisotopic (exact) mass is 430 g/mol. The van der Waals surface area contributed by atoms with Gasteiger partial charge in [-0.25, -0.2) is 9.97 Å². The van der Waals surface area contributed by atoms with Crippen LogP contribution in [0.2, 0.25) is 0 Å². The predicted octanol–water partition coefficient (Wildman–Crippen LogP) is 6.28. The summed E-state index contributed by atoms with van der Waals surface area (Å²) in [6.07, 6.45) is 7.01. The summed E-state index contributed by atoms with van der Waals surface area (Å²) in [5, 5.41) is 0. The van der Waals surface area contributed by atoms with Crippen LogP contribution < -0.4 is 4.74 Å². The van der Waals surface area contributed by atoms with Gasteiger partial charge in [0.25, 0.3) is 0 Å². The van der Waals surface area contributed by atoms with E-state index in [1.165, 1.54) is 5.56 Å². The SMILES string of the molecule is COc1ccc(CC2=Cc3cc4ccc(cc5ccc(cc6nc(cc2n3)C=C6)[nH]5)[nH]4)cc1. The summed E-state index contributed by atoms with van der Waals surface area (Å²) in [5.41, 5.74) is 10.2. The van der Waals surface area contributed by atoms with Crippen LogP contribution in [0.5, 0.6) is 5.75 Å². The first kappa shape index (κ1) is 19.3. The summed E-state index contributed by atoms with van der Waals surface area (Å²) < 4.78 is 5.30. The Balaban J connectivity index is 1.52. The molecule has 2 aliphatic rings. The first-order chi connectivity index (χ1) is 16.2. The highest BCUT2D eigenvalue weighted by Gasteiger charge is 2.12. The zero-order valence-electron chi connectivity index (χ0n) is 18.2. The third-order valence-electron chi connectivity index (χ3n) is 5.80. The Morgan fingerprint density at radius 1 is 0.667 bits per heavy atom. The molecule has 0 unspecified atom stereocenters. The molecule has 3 aromatic heterocycles. The number of rotatable bonds is 3. The molecule has 0 radical (unpaired) electrons. The first-order valence-corrected chi connectivity index (χ1v) is 10.9. The molecule has 5 nitrogen and oxygen atoms in total. The van der Waals surface area contributed by atoms with E-state index in [1.54, 1.807) is 7.11 Å². The average Bonchev–Trinajstić information content (AvgIpc) is 3.60. The minimum absolute atomic E-state index is 0.783. The number of methoxy groups -OCH3 is 1. The van der Waals surface area contributed by atoms with Gasteiger partial charge in [-0.1, -0.05) is 12.1 Å². The molecule has 0 aliphatic carbocycles. The molecule has 0 amide bonds. The molecule has 6 rings (SSSR count). The lowest BCUT2D eigenvalue weighted by atomic mass is 10.0. The molecule has 0 atom stereocenters. The molecule has 160 valence electrons. The number of H-pyrrole nitrogens is 2. The van der Waals surface area contributed by atoms with Gasteiger partial charge in [0.05, 0.1) is 29.9 Å². The smallest absolute Gasteiger partial charge is 0.118 e. The van der Waals surface area contributed by atoms with Gasteiger partial charge in [-0.2, -0.15) is 0 Å². The maximum Gasteiger partial charge on any atom is 0.118 e. The normalized spacial score (nSPS) is 12.6. The van der Waals surface area contributed by atoms with Crippen LogP contribution in [0, 0.1) is 0 Å². The second-order valence-corrected chi connectivity index (χ2v) is 8.23. The third kappa shape index (κ3) is 4.08. The van der Waals surface area contributed by atoms with E-state index in [0.717, 1.165) is 62.6 Å². The van der Waals surface area contributed by atoms with Crippen molar-refractivity contribution in [3.8, 4) is 5.75 Å². The molecule has 0 spiro atoms. The Morgan fingerprint density at radius 2 is 1.27 bits per heavy atom. The van der Waals surface area contributed by atoms with E-state index in [-0.39, 0.29) is 0 Å². The molecule has 4 aromatic rings. The number of nitrogens with zero attached hydrogens (tertiary/aromatic N) is 2. The third-order valence-corrected chi connectivity index (χ3v) is 5.80. The van der Waals surface area contributed by atoms with Crippen molar-refractivity contribution < 1.29 is 4.74 Å². The van der Waals surface area contributed by atoms with Gasteiger partial charge in [0, 0.05) is 22.1 Å². The fraction of sp³-hybridized carbons (Fsp3) is 0.0714. The van der Waals surface area contributed by atoms with Crippen molar-refractivity contribution in [3.05, 3.63) is 101 Å². The Labute approximate surface area is 191 Å². The highest BCUT2D eigenvalue weighted by Crippen LogP contribution is 2.27. The van der Waals surface area contributed by atoms with Crippen molar-refractivity contribution in [1.29, 1.82) is 0 Å². The van der Waals surface area contributed by atoms with Crippen molar-refractivity contribution >= 4 is 45.9 Å². The molecule has 0 fully saturated rings. The lowest BCUT2D eigenvalue weighted by Gasteiger charge is -2.04. The standard InChI is InChI=1S/C28H22N4O/c1-33-27-10-2-18(3-11-27)12-19-13-26-16-24-7-6-22(30-24)14-20-4-5-21(29-20)15-23-8-9-25(31-23)17-28(19)32-26/h2-11,13-17,29-30H,12H2,1H3. The van der Waals surface area contributed by atoms with Crippen LogP contribution in [0.3, 0.4) is 0 Å². The number of ether oxygens (including phenoxy) is 1. The number of nitrogens with one attached hydrogen (secondary N) is 2. The fourth-order valence-corrected chi connectivity index (χ4v) is 4.18. The Kier molecular flexibility index (Phi) is 4.65. The molecule has 2 aliphatic heterocycles. The summed E-state index contributed by atoms with van der Waals surface area (Å²) in [6.45, 7) is 0. The first-order valence-electron chi connectivity index (χ1n) is 10.9. The van der Waals surface area contributed by atoms with Crippen LogP contribution in [0.25, 0.3) is 45.9 Å². The van der Waals surface area contributed by atoms with Crippen LogP contribution in [-0.2, 0) is 6.42 Å². The topological polar surface area (TPSA) is 66.6 Å². The van der Waals surface area contributed by atoms with Gasteiger partial charge >= 0.3 is 0 Å². The number of aromatic amines is 2. The molecule has 5 heterocycles. The van der Waals surface area contributed by atoms with Crippen molar-refractivity contribution in [2.75, 3.05) is 7.11 Å². The van der Waals surface area contributed by atoms with Gasteiger partial charge in [0.2, 0.25) is 0 Å². The van der Waals surface area contributed by atoms with E-state index in [1.807, 2.05) is 24.3 Å². The average molecular weight is 431 g/mol. The molecule has 33 heavy (non-hydrogen) atoms. The summed E-state index contributed by atoms with van der Waals surface area (Å²) in [7, 11) is 1.68. The Bertz CT molecular complexity index is 1570. The molecule has 8 bridgehead atoms. The summed E-state index contributed by atoms with van der Waals surface area (Å²) >= 11 is 0. The van der Waals surface area contributed by atoms with Crippen molar-refractivity contribution in [2.24, 2.45) is 0 Å². The molecular formula is C28H22N4O. The molecule has 2 N–H and O–H groups in total. The van der Waals surface area contributed by atoms with Gasteiger partial charge < -0.3 is 14.7 Å². The van der Waals surface area contributed by atoms with Crippen molar-refractivity contribution in [1.82, 2.24) is 19.9 Å². The van der Waals surface area contributed by atoms with E-state index in [4.69, 9.17) is 14.7 Å². The van der Waals surface area contributed by atoms with Crippen LogP contribution >= 0.6 is 0 Å². The van der Waals surface area contributed by atoms with E-state index >= 15 is 0 Å². The number of hydrogen-bond donors (Lipinski definition) is 2. The number of fused-ring (bicyclic) bond motifs is 8. The molecule has 5 heteroatoms. The minimum Gasteiger partial charge on any atom is -0.497 e. The second kappa shape index (κ2) is 7.95. The minimum atomic E-state index is 0.783. The van der Waals surface area contributed by atoms with Crippen LogP contribution in [0.4, 0.5) is 0 Å². The van der Waals surface area contributed by atoms with Crippen LogP contribution in [0.1, 0.15) is 28.3 Å². The highest BCUT2D eigenvalue weighted by atomic mass is 16.5. The van der Waals surface area contributed by atoms with E-state index < -0.39 is 0 Å². The van der Waals surface area contributed by atoms with Gasteiger partial charge in [-0.15, -0.1) is 0 Å². The quantitative estimate of drug-likeness (QED) is 0.354. The van der Waals surface area contributed by atoms with Gasteiger partial charge in [-0.05, 0) is 96.4 Å². The highest BCUT2D eigenvalue weighted by molar-refractivity contribution is 5.85. The lowest BCUT2D eigenvalue weighted by Crippen LogP contribution is -1.90. The van der Waals surface area contributed by atoms with Crippen molar-refractivity contribution in [2.45, 2.75) is 6.42 Å². The number of aromatic nitrogens is 4. The number of hydrogen-bond acceptors (Lipinski definition) is 3. The van der Waals surface area contributed by atoms with Gasteiger partial charge in [0.15, 0.2) is 0 Å². The molecular weight excluding hydrogens is 408 g/mol. The molecule has 0 saturated heterocycles. The zero-order valence-corrected chi connectivity index (χ0v) is 18.2. The number of allylic oxidation sites excluding steroid dienone is 1. The lowest BCUT2D eigenvalue weighted by molar-refractivity contribution is 0.414. The summed E-state index contributed by atoms with van der Waals surface area (Å²) in [4.78, 5) is 16.6. The van der Waals surface area contributed by atoms with Gasteiger partial charge in [-0.3, -0.25) is 0 Å². The van der Waals surface area contributed by atoms with Crippen LogP contribution in [0.15, 0.2) is 72.8 Å². The maximum absolute atomic E-state index is 5.30. The summed E-state index contributed by atoms with van der Waals surface area (Å²) in [6, 6.07) is 24.8. The van der Waals surface area contributed by atoms with Crippen molar-refractivity contribution in [3.63, 3.8) is 0 Å². The van der Waals surface area contributed by atoms with E-state index in [2.05, 4.69) is 76.7 Å². The fourth-order valence-electron chi connectivity index (χ4n) is 4.18. The Morgan fingerprint density at radius 3 is 1.94 bits per heavy atom. The van der Waals surface area contributed by atoms with E-state index in [0.29, 0.717) is 0 Å². The Hall–Kier alpha value is -4.38. The largest absolute Gasteiger partial charge is 0.497 e. The summed E-state index contributed by atoms with van der Waals surface area (Å²) in [5.74, 6) is 0.857.